The predicted molar refractivity (Wildman–Crippen MR) is 115 cm³/mol. The van der Waals surface area contributed by atoms with E-state index in [4.69, 9.17) is 11.6 Å². The number of nitrogens with zero attached hydrogens (tertiary/aromatic N) is 3. The van der Waals surface area contributed by atoms with Crippen LogP contribution in [0, 0.1) is 0 Å². The van der Waals surface area contributed by atoms with Crippen LogP contribution in [0.4, 0.5) is 11.4 Å². The van der Waals surface area contributed by atoms with Gasteiger partial charge in [0.1, 0.15) is 5.82 Å². The molecule has 0 aliphatic rings. The molecule has 0 radical (unpaired) electrons. The van der Waals surface area contributed by atoms with Crippen LogP contribution in [0.5, 0.6) is 0 Å². The van der Waals surface area contributed by atoms with Gasteiger partial charge in [0.25, 0.3) is 0 Å². The van der Waals surface area contributed by atoms with Crippen LogP contribution >= 0.6 is 23.4 Å². The van der Waals surface area contributed by atoms with E-state index in [0.717, 1.165) is 5.69 Å². The summed E-state index contributed by atoms with van der Waals surface area (Å²) in [4.78, 5) is 24.2. The van der Waals surface area contributed by atoms with Crippen LogP contribution in [0.1, 0.15) is 12.2 Å². The summed E-state index contributed by atoms with van der Waals surface area (Å²) in [6, 6.07) is 16.3. The van der Waals surface area contributed by atoms with Crippen molar-refractivity contribution in [2.75, 3.05) is 16.4 Å². The van der Waals surface area contributed by atoms with E-state index in [-0.39, 0.29) is 17.6 Å². The van der Waals surface area contributed by atoms with Gasteiger partial charge in [-0.2, -0.15) is 0 Å². The summed E-state index contributed by atoms with van der Waals surface area (Å²) in [5, 5.41) is 15.1. The Labute approximate surface area is 177 Å². The molecule has 0 saturated carbocycles. The molecule has 7 nitrogen and oxygen atoms in total. The molecule has 3 rings (SSSR count). The van der Waals surface area contributed by atoms with E-state index in [1.54, 1.807) is 28.8 Å². The molecule has 0 bridgehead atoms. The highest BCUT2D eigenvalue weighted by Crippen LogP contribution is 2.19. The SMILES string of the molecule is Cn1c(CCC(=O)Nc2ccccc2)nnc1SCC(=O)Nc1cccc(Cl)c1. The normalized spacial score (nSPS) is 10.6. The Hall–Kier alpha value is -2.84. The summed E-state index contributed by atoms with van der Waals surface area (Å²) in [7, 11) is 1.82. The quantitative estimate of drug-likeness (QED) is 0.532. The van der Waals surface area contributed by atoms with Crippen molar-refractivity contribution >= 4 is 46.6 Å². The molecule has 150 valence electrons. The third-order valence-corrected chi connectivity index (χ3v) is 5.25. The van der Waals surface area contributed by atoms with Gasteiger partial charge < -0.3 is 15.2 Å². The number of amides is 2. The van der Waals surface area contributed by atoms with Gasteiger partial charge in [0, 0.05) is 36.3 Å². The summed E-state index contributed by atoms with van der Waals surface area (Å²) in [5.41, 5.74) is 1.41. The molecule has 0 aliphatic heterocycles. The number of halogens is 1. The van der Waals surface area contributed by atoms with E-state index in [1.165, 1.54) is 11.8 Å². The van der Waals surface area contributed by atoms with Crippen LogP contribution < -0.4 is 10.6 Å². The zero-order valence-corrected chi connectivity index (χ0v) is 17.3. The molecule has 3 aromatic rings. The number of carbonyl (C=O) groups excluding carboxylic acids is 2. The van der Waals surface area contributed by atoms with Crippen LogP contribution in [-0.2, 0) is 23.1 Å². The molecule has 1 heterocycles. The average Bonchev–Trinajstić information content (AvgIpc) is 3.05. The first-order valence-electron chi connectivity index (χ1n) is 8.92. The number of aryl methyl sites for hydroxylation is 1. The average molecular weight is 430 g/mol. The number of thioether (sulfide) groups is 1. The topological polar surface area (TPSA) is 88.9 Å². The van der Waals surface area contributed by atoms with Crippen molar-refractivity contribution in [3.8, 4) is 0 Å². The molecule has 0 aliphatic carbocycles. The molecule has 0 atom stereocenters. The van der Waals surface area contributed by atoms with Gasteiger partial charge in [-0.15, -0.1) is 10.2 Å². The molecule has 0 saturated heterocycles. The van der Waals surface area contributed by atoms with Crippen LogP contribution in [0.3, 0.4) is 0 Å². The fraction of sp³-hybridized carbons (Fsp3) is 0.200. The smallest absolute Gasteiger partial charge is 0.234 e. The number of hydrogen-bond acceptors (Lipinski definition) is 5. The second-order valence-corrected chi connectivity index (χ2v) is 7.60. The number of rotatable bonds is 8. The summed E-state index contributed by atoms with van der Waals surface area (Å²) in [5.74, 6) is 0.622. The van der Waals surface area contributed by atoms with Crippen molar-refractivity contribution in [1.29, 1.82) is 0 Å². The molecular weight excluding hydrogens is 410 g/mol. The van der Waals surface area contributed by atoms with Gasteiger partial charge in [-0.3, -0.25) is 9.59 Å². The van der Waals surface area contributed by atoms with E-state index in [1.807, 2.05) is 37.4 Å². The van der Waals surface area contributed by atoms with Gasteiger partial charge in [0.05, 0.1) is 5.75 Å². The minimum absolute atomic E-state index is 0.0886. The number of aromatic nitrogens is 3. The second-order valence-electron chi connectivity index (χ2n) is 6.22. The van der Waals surface area contributed by atoms with Crippen molar-refractivity contribution in [2.24, 2.45) is 7.05 Å². The first-order valence-corrected chi connectivity index (χ1v) is 10.3. The zero-order chi connectivity index (χ0) is 20.6. The Morgan fingerprint density at radius 1 is 1.00 bits per heavy atom. The van der Waals surface area contributed by atoms with Crippen molar-refractivity contribution in [3.63, 3.8) is 0 Å². The van der Waals surface area contributed by atoms with Crippen molar-refractivity contribution in [3.05, 3.63) is 65.4 Å². The number of para-hydroxylation sites is 1. The Morgan fingerprint density at radius 2 is 1.72 bits per heavy atom. The van der Waals surface area contributed by atoms with Crippen LogP contribution in [0.25, 0.3) is 0 Å². The first-order chi connectivity index (χ1) is 14.0. The molecule has 9 heteroatoms. The molecule has 2 aromatic carbocycles. The molecule has 29 heavy (non-hydrogen) atoms. The van der Waals surface area contributed by atoms with Gasteiger partial charge in [-0.1, -0.05) is 47.6 Å². The monoisotopic (exact) mass is 429 g/mol. The highest BCUT2D eigenvalue weighted by atomic mass is 35.5. The maximum absolute atomic E-state index is 12.1. The van der Waals surface area contributed by atoms with Crippen LogP contribution in [0.15, 0.2) is 59.8 Å². The van der Waals surface area contributed by atoms with Crippen molar-refractivity contribution in [1.82, 2.24) is 14.8 Å². The van der Waals surface area contributed by atoms with Crippen molar-refractivity contribution in [2.45, 2.75) is 18.0 Å². The Bertz CT molecular complexity index is 994. The largest absolute Gasteiger partial charge is 0.326 e. The van der Waals surface area contributed by atoms with Crippen LogP contribution in [0.2, 0.25) is 5.02 Å². The maximum atomic E-state index is 12.1. The van der Waals surface area contributed by atoms with Gasteiger partial charge >= 0.3 is 0 Å². The summed E-state index contributed by atoms with van der Waals surface area (Å²) < 4.78 is 1.80. The lowest BCUT2D eigenvalue weighted by molar-refractivity contribution is -0.116. The third-order valence-electron chi connectivity index (χ3n) is 4.00. The molecular formula is C20H20ClN5O2S. The molecule has 0 spiro atoms. The van der Waals surface area contributed by atoms with Crippen molar-refractivity contribution < 1.29 is 9.59 Å². The zero-order valence-electron chi connectivity index (χ0n) is 15.8. The fourth-order valence-corrected chi connectivity index (χ4v) is 3.47. The van der Waals surface area contributed by atoms with E-state index >= 15 is 0 Å². The number of carbonyl (C=O) groups is 2. The number of benzene rings is 2. The minimum Gasteiger partial charge on any atom is -0.326 e. The minimum atomic E-state index is -0.163. The Balaban J connectivity index is 1.47. The van der Waals surface area contributed by atoms with E-state index in [2.05, 4.69) is 20.8 Å². The lowest BCUT2D eigenvalue weighted by atomic mass is 10.2. The maximum Gasteiger partial charge on any atom is 0.234 e. The van der Waals surface area contributed by atoms with Gasteiger partial charge in [-0.25, -0.2) is 0 Å². The van der Waals surface area contributed by atoms with Gasteiger partial charge in [0.15, 0.2) is 5.16 Å². The molecule has 1 aromatic heterocycles. The molecule has 2 N–H and O–H groups in total. The fourth-order valence-electron chi connectivity index (χ4n) is 2.55. The van der Waals surface area contributed by atoms with Crippen LogP contribution in [-0.4, -0.2) is 32.3 Å². The second kappa shape index (κ2) is 10.1. The molecule has 0 fully saturated rings. The Morgan fingerprint density at radius 3 is 2.48 bits per heavy atom. The molecule has 2 amide bonds. The lowest BCUT2D eigenvalue weighted by Gasteiger charge is -2.06. The van der Waals surface area contributed by atoms with E-state index < -0.39 is 0 Å². The number of nitrogens with one attached hydrogen (secondary N) is 2. The number of hydrogen-bond donors (Lipinski definition) is 2. The van der Waals surface area contributed by atoms with E-state index in [9.17, 15) is 9.59 Å². The summed E-state index contributed by atoms with van der Waals surface area (Å²) in [6.45, 7) is 0. The third kappa shape index (κ3) is 6.33. The first kappa shape index (κ1) is 20.9. The lowest BCUT2D eigenvalue weighted by Crippen LogP contribution is -2.15. The summed E-state index contributed by atoms with van der Waals surface area (Å²) in [6.07, 6.45) is 0.748. The Kier molecular flexibility index (Phi) is 7.26. The van der Waals surface area contributed by atoms with E-state index in [0.29, 0.717) is 34.5 Å². The predicted octanol–water partition coefficient (Wildman–Crippen LogP) is 3.77. The standard InChI is InChI=1S/C20H20ClN5O2S/c1-26-17(10-11-18(27)22-15-7-3-2-4-8-15)24-25-20(26)29-13-19(28)23-16-9-5-6-14(21)12-16/h2-9,12H,10-11,13H2,1H3,(H,22,27)(H,23,28). The highest BCUT2D eigenvalue weighted by molar-refractivity contribution is 7.99. The highest BCUT2D eigenvalue weighted by Gasteiger charge is 2.13. The number of anilines is 2. The summed E-state index contributed by atoms with van der Waals surface area (Å²) >= 11 is 7.20. The van der Waals surface area contributed by atoms with Gasteiger partial charge in [-0.05, 0) is 30.3 Å². The molecule has 0 unspecified atom stereocenters. The van der Waals surface area contributed by atoms with Gasteiger partial charge in [0.2, 0.25) is 11.8 Å².